The fourth-order valence-electron chi connectivity index (χ4n) is 2.50. The maximum atomic E-state index is 5.96. The monoisotopic (exact) mass is 253 g/mol. The zero-order chi connectivity index (χ0) is 12.1. The van der Waals surface area contributed by atoms with E-state index in [-0.39, 0.29) is 0 Å². The summed E-state index contributed by atoms with van der Waals surface area (Å²) in [4.78, 5) is 2.48. The second kappa shape index (κ2) is 6.27. The third kappa shape index (κ3) is 3.36. The highest BCUT2D eigenvalue weighted by Gasteiger charge is 2.19. The molecule has 0 aromatic heterocycles. The molecule has 17 heavy (non-hydrogen) atoms. The van der Waals surface area contributed by atoms with Crippen LogP contribution in [-0.4, -0.2) is 31.0 Å². The number of likely N-dealkylation sites (tertiary alicyclic amines) is 1. The number of alkyl halides is 1. The molecule has 1 atom stereocenters. The van der Waals surface area contributed by atoms with Gasteiger partial charge < -0.3 is 4.74 Å². The van der Waals surface area contributed by atoms with Gasteiger partial charge in [-0.15, -0.1) is 11.6 Å². The number of halogens is 1. The van der Waals surface area contributed by atoms with Gasteiger partial charge in [0.2, 0.25) is 0 Å². The van der Waals surface area contributed by atoms with Crippen molar-refractivity contribution in [3.8, 4) is 5.75 Å². The third-order valence-corrected chi connectivity index (χ3v) is 3.84. The normalized spacial score (nSPS) is 21.4. The maximum Gasteiger partial charge on any atom is 0.123 e. The number of benzene rings is 1. The molecule has 0 saturated carbocycles. The van der Waals surface area contributed by atoms with Crippen molar-refractivity contribution >= 4 is 11.6 Å². The second-order valence-electron chi connectivity index (χ2n) is 4.71. The largest absolute Gasteiger partial charge is 0.496 e. The Morgan fingerprint density at radius 2 is 2.24 bits per heavy atom. The van der Waals surface area contributed by atoms with Gasteiger partial charge in [0, 0.05) is 24.5 Å². The van der Waals surface area contributed by atoms with Crippen LogP contribution in [0.15, 0.2) is 24.3 Å². The van der Waals surface area contributed by atoms with Gasteiger partial charge in [-0.2, -0.15) is 0 Å². The van der Waals surface area contributed by atoms with E-state index in [0.717, 1.165) is 24.7 Å². The van der Waals surface area contributed by atoms with E-state index in [9.17, 15) is 0 Å². The highest BCUT2D eigenvalue weighted by molar-refractivity contribution is 6.18. The van der Waals surface area contributed by atoms with Gasteiger partial charge in [0.15, 0.2) is 0 Å². The Bertz CT molecular complexity index is 356. The van der Waals surface area contributed by atoms with Gasteiger partial charge in [0.05, 0.1) is 7.11 Å². The number of nitrogens with zero attached hydrogens (tertiary/aromatic N) is 1. The Morgan fingerprint density at radius 3 is 3.00 bits per heavy atom. The van der Waals surface area contributed by atoms with Gasteiger partial charge in [0.1, 0.15) is 5.75 Å². The number of hydrogen-bond donors (Lipinski definition) is 0. The minimum absolute atomic E-state index is 0.653. The molecule has 1 saturated heterocycles. The molecular weight excluding hydrogens is 234 g/mol. The Labute approximate surface area is 109 Å². The second-order valence-corrected chi connectivity index (χ2v) is 5.02. The first-order valence-corrected chi connectivity index (χ1v) is 6.77. The number of piperidine rings is 1. The lowest BCUT2D eigenvalue weighted by atomic mass is 9.99. The van der Waals surface area contributed by atoms with E-state index in [2.05, 4.69) is 17.0 Å². The van der Waals surface area contributed by atoms with E-state index < -0.39 is 0 Å². The molecule has 1 aliphatic heterocycles. The minimum Gasteiger partial charge on any atom is -0.496 e. The van der Waals surface area contributed by atoms with Gasteiger partial charge in [-0.25, -0.2) is 0 Å². The molecule has 1 heterocycles. The molecule has 1 aliphatic rings. The third-order valence-electron chi connectivity index (χ3n) is 3.41. The molecule has 0 aliphatic carbocycles. The van der Waals surface area contributed by atoms with E-state index in [0.29, 0.717) is 5.92 Å². The van der Waals surface area contributed by atoms with Crippen LogP contribution in [0.3, 0.4) is 0 Å². The van der Waals surface area contributed by atoms with Crippen molar-refractivity contribution in [1.29, 1.82) is 0 Å². The van der Waals surface area contributed by atoms with Crippen LogP contribution in [0.25, 0.3) is 0 Å². The van der Waals surface area contributed by atoms with Crippen molar-refractivity contribution in [3.05, 3.63) is 29.8 Å². The molecule has 94 valence electrons. The topological polar surface area (TPSA) is 12.5 Å². The molecule has 1 aromatic carbocycles. The summed E-state index contributed by atoms with van der Waals surface area (Å²) < 4.78 is 5.39. The number of rotatable bonds is 4. The number of methoxy groups -OCH3 is 1. The lowest BCUT2D eigenvalue weighted by Gasteiger charge is -2.32. The van der Waals surface area contributed by atoms with Crippen LogP contribution in [0.5, 0.6) is 5.75 Å². The summed E-state index contributed by atoms with van der Waals surface area (Å²) in [7, 11) is 1.73. The molecule has 1 unspecified atom stereocenters. The van der Waals surface area contributed by atoms with Crippen LogP contribution in [0.1, 0.15) is 18.4 Å². The van der Waals surface area contributed by atoms with Gasteiger partial charge in [-0.1, -0.05) is 18.2 Å². The first kappa shape index (κ1) is 12.7. The Balaban J connectivity index is 2.00. The summed E-state index contributed by atoms with van der Waals surface area (Å²) in [5, 5.41) is 0. The van der Waals surface area contributed by atoms with Crippen LogP contribution in [-0.2, 0) is 6.54 Å². The quantitative estimate of drug-likeness (QED) is 0.765. The van der Waals surface area contributed by atoms with Crippen LogP contribution in [0.2, 0.25) is 0 Å². The van der Waals surface area contributed by atoms with Crippen LogP contribution >= 0.6 is 11.6 Å². The Hall–Kier alpha value is -0.730. The molecule has 1 aromatic rings. The van der Waals surface area contributed by atoms with Gasteiger partial charge >= 0.3 is 0 Å². The molecular formula is C14H20ClNO. The van der Waals surface area contributed by atoms with Gasteiger partial charge in [0.25, 0.3) is 0 Å². The molecule has 2 nitrogen and oxygen atoms in total. The molecule has 0 amide bonds. The average molecular weight is 254 g/mol. The zero-order valence-corrected chi connectivity index (χ0v) is 11.1. The lowest BCUT2D eigenvalue weighted by Crippen LogP contribution is -2.35. The average Bonchev–Trinajstić information content (AvgIpc) is 2.39. The molecule has 0 radical (unpaired) electrons. The predicted octanol–water partition coefficient (Wildman–Crippen LogP) is 3.15. The Morgan fingerprint density at radius 1 is 1.41 bits per heavy atom. The van der Waals surface area contributed by atoms with Crippen LogP contribution < -0.4 is 4.74 Å². The van der Waals surface area contributed by atoms with Crippen molar-refractivity contribution < 1.29 is 4.74 Å². The van der Waals surface area contributed by atoms with E-state index in [4.69, 9.17) is 16.3 Å². The number of para-hydroxylation sites is 1. The Kier molecular flexibility index (Phi) is 4.69. The summed E-state index contributed by atoms with van der Waals surface area (Å²) in [5.74, 6) is 2.42. The van der Waals surface area contributed by atoms with E-state index in [1.54, 1.807) is 7.11 Å². The van der Waals surface area contributed by atoms with Crippen LogP contribution in [0, 0.1) is 5.92 Å². The van der Waals surface area contributed by atoms with Gasteiger partial charge in [-0.3, -0.25) is 4.90 Å². The van der Waals surface area contributed by atoms with E-state index >= 15 is 0 Å². The number of hydrogen-bond acceptors (Lipinski definition) is 2. The van der Waals surface area contributed by atoms with Crippen molar-refractivity contribution in [2.45, 2.75) is 19.4 Å². The van der Waals surface area contributed by atoms with Crippen molar-refractivity contribution in [1.82, 2.24) is 4.90 Å². The fraction of sp³-hybridized carbons (Fsp3) is 0.571. The van der Waals surface area contributed by atoms with Gasteiger partial charge in [-0.05, 0) is 31.4 Å². The SMILES string of the molecule is COc1ccccc1CN1CCCC(CCl)C1. The molecule has 0 bridgehead atoms. The van der Waals surface area contributed by atoms with Crippen molar-refractivity contribution in [2.24, 2.45) is 5.92 Å². The van der Waals surface area contributed by atoms with Crippen molar-refractivity contribution in [2.75, 3.05) is 26.1 Å². The summed E-state index contributed by atoms with van der Waals surface area (Å²) in [6, 6.07) is 8.25. The smallest absolute Gasteiger partial charge is 0.123 e. The fourth-order valence-corrected chi connectivity index (χ4v) is 2.75. The van der Waals surface area contributed by atoms with E-state index in [1.807, 2.05) is 12.1 Å². The maximum absolute atomic E-state index is 5.96. The summed E-state index contributed by atoms with van der Waals surface area (Å²) in [6.45, 7) is 3.25. The molecule has 0 N–H and O–H groups in total. The predicted molar refractivity (Wildman–Crippen MR) is 71.7 cm³/mol. The molecule has 3 heteroatoms. The van der Waals surface area contributed by atoms with E-state index in [1.165, 1.54) is 24.9 Å². The minimum atomic E-state index is 0.653. The lowest BCUT2D eigenvalue weighted by molar-refractivity contribution is 0.176. The summed E-state index contributed by atoms with van der Waals surface area (Å²) in [5.41, 5.74) is 1.27. The number of ether oxygens (including phenoxy) is 1. The first-order valence-electron chi connectivity index (χ1n) is 6.23. The standard InChI is InChI=1S/C14H20ClNO/c1-17-14-7-3-2-6-13(14)11-16-8-4-5-12(9-15)10-16/h2-3,6-7,12H,4-5,8-11H2,1H3. The van der Waals surface area contributed by atoms with Crippen LogP contribution in [0.4, 0.5) is 0 Å². The van der Waals surface area contributed by atoms with Crippen molar-refractivity contribution in [3.63, 3.8) is 0 Å². The molecule has 0 spiro atoms. The first-order chi connectivity index (χ1) is 8.33. The molecule has 2 rings (SSSR count). The molecule has 1 fully saturated rings. The summed E-state index contributed by atoms with van der Waals surface area (Å²) in [6.07, 6.45) is 2.53. The zero-order valence-electron chi connectivity index (χ0n) is 10.4. The summed E-state index contributed by atoms with van der Waals surface area (Å²) >= 11 is 5.96. The highest BCUT2D eigenvalue weighted by atomic mass is 35.5. The highest BCUT2D eigenvalue weighted by Crippen LogP contribution is 2.23.